The monoisotopic (exact) mass is 322 g/mol. The smallest absolute Gasteiger partial charge is 0.0492 e. The number of halogens is 3. The fraction of sp³-hybridized carbons (Fsp3) is 0.538. The molecule has 16 heavy (non-hydrogen) atoms. The van der Waals surface area contributed by atoms with E-state index < -0.39 is 0 Å². The summed E-state index contributed by atoms with van der Waals surface area (Å²) in [5.41, 5.74) is 3.45. The van der Waals surface area contributed by atoms with E-state index in [0.29, 0.717) is 17.7 Å². The van der Waals surface area contributed by atoms with E-state index in [1.165, 1.54) is 5.56 Å². The average molecular weight is 324 g/mol. The standard InChI is InChI=1S/C13H17BrCl2/c1-7(2)9-5-11(14)12(8(3)4)10(6-15)13(9)16/h5,7-8H,6H2,1-4H3. The van der Waals surface area contributed by atoms with Crippen molar-refractivity contribution in [1.29, 1.82) is 0 Å². The van der Waals surface area contributed by atoms with Gasteiger partial charge in [0.05, 0.1) is 0 Å². The number of hydrogen-bond acceptors (Lipinski definition) is 0. The van der Waals surface area contributed by atoms with Gasteiger partial charge in [-0.15, -0.1) is 11.6 Å². The van der Waals surface area contributed by atoms with Gasteiger partial charge >= 0.3 is 0 Å². The van der Waals surface area contributed by atoms with E-state index in [9.17, 15) is 0 Å². The first-order chi connectivity index (χ1) is 7.40. The van der Waals surface area contributed by atoms with Crippen LogP contribution < -0.4 is 0 Å². The van der Waals surface area contributed by atoms with Crippen LogP contribution in [0.25, 0.3) is 0 Å². The van der Waals surface area contributed by atoms with E-state index in [2.05, 4.69) is 49.7 Å². The Balaban J connectivity index is 3.50. The first-order valence-corrected chi connectivity index (χ1v) is 7.17. The number of alkyl halides is 1. The quantitative estimate of drug-likeness (QED) is 0.590. The molecular weight excluding hydrogens is 307 g/mol. The van der Waals surface area contributed by atoms with Crippen LogP contribution in [-0.4, -0.2) is 0 Å². The summed E-state index contributed by atoms with van der Waals surface area (Å²) in [5.74, 6) is 1.29. The summed E-state index contributed by atoms with van der Waals surface area (Å²) < 4.78 is 1.12. The Hall–Kier alpha value is 0.280. The van der Waals surface area contributed by atoms with Crippen LogP contribution in [0.1, 0.15) is 56.2 Å². The summed E-state index contributed by atoms with van der Waals surface area (Å²) in [5, 5.41) is 0.830. The summed E-state index contributed by atoms with van der Waals surface area (Å²) in [6.45, 7) is 8.59. The van der Waals surface area contributed by atoms with Gasteiger partial charge in [-0.3, -0.25) is 0 Å². The van der Waals surface area contributed by atoms with Crippen molar-refractivity contribution in [3.05, 3.63) is 32.3 Å². The van der Waals surface area contributed by atoms with Gasteiger partial charge in [0.2, 0.25) is 0 Å². The molecule has 0 aliphatic carbocycles. The van der Waals surface area contributed by atoms with Gasteiger partial charge in [-0.2, -0.15) is 0 Å². The fourth-order valence-corrected chi connectivity index (χ4v) is 3.62. The fourth-order valence-electron chi connectivity index (χ4n) is 1.89. The van der Waals surface area contributed by atoms with Gasteiger partial charge in [0.1, 0.15) is 0 Å². The predicted molar refractivity (Wildman–Crippen MR) is 76.9 cm³/mol. The molecule has 0 amide bonds. The van der Waals surface area contributed by atoms with E-state index in [4.69, 9.17) is 23.2 Å². The van der Waals surface area contributed by atoms with Gasteiger partial charge in [0, 0.05) is 15.4 Å². The van der Waals surface area contributed by atoms with Crippen molar-refractivity contribution in [2.75, 3.05) is 0 Å². The second-order valence-corrected chi connectivity index (χ2v) is 6.10. The molecule has 0 bridgehead atoms. The Morgan fingerprint density at radius 3 is 2.12 bits per heavy atom. The SMILES string of the molecule is CC(C)c1cc(Br)c(C(C)C)c(CCl)c1Cl. The number of rotatable bonds is 3. The topological polar surface area (TPSA) is 0 Å². The summed E-state index contributed by atoms with van der Waals surface area (Å²) in [7, 11) is 0. The van der Waals surface area contributed by atoms with Gasteiger partial charge in [-0.05, 0) is 34.6 Å². The molecule has 3 heteroatoms. The molecule has 0 aliphatic rings. The van der Waals surface area contributed by atoms with Crippen LogP contribution in [0.5, 0.6) is 0 Å². The first kappa shape index (κ1) is 14.3. The number of hydrogen-bond donors (Lipinski definition) is 0. The van der Waals surface area contributed by atoms with Gasteiger partial charge < -0.3 is 0 Å². The van der Waals surface area contributed by atoms with Crippen molar-refractivity contribution in [1.82, 2.24) is 0 Å². The lowest BCUT2D eigenvalue weighted by Gasteiger charge is -2.19. The van der Waals surface area contributed by atoms with Crippen LogP contribution in [0, 0.1) is 0 Å². The molecule has 0 spiro atoms. The van der Waals surface area contributed by atoms with Crippen molar-refractivity contribution in [2.24, 2.45) is 0 Å². The van der Waals surface area contributed by atoms with Gasteiger partial charge in [-0.25, -0.2) is 0 Å². The van der Waals surface area contributed by atoms with Crippen molar-refractivity contribution >= 4 is 39.1 Å². The lowest BCUT2D eigenvalue weighted by molar-refractivity contribution is 0.828. The Morgan fingerprint density at radius 2 is 1.75 bits per heavy atom. The van der Waals surface area contributed by atoms with Crippen LogP contribution >= 0.6 is 39.1 Å². The third kappa shape index (κ3) is 2.75. The van der Waals surface area contributed by atoms with Gasteiger partial charge in [-0.1, -0.05) is 55.2 Å². The van der Waals surface area contributed by atoms with Gasteiger partial charge in [0.25, 0.3) is 0 Å². The molecular formula is C13H17BrCl2. The lowest BCUT2D eigenvalue weighted by atomic mass is 9.92. The average Bonchev–Trinajstić information content (AvgIpc) is 2.19. The molecule has 0 fully saturated rings. The maximum atomic E-state index is 6.42. The van der Waals surface area contributed by atoms with Crippen molar-refractivity contribution in [3.8, 4) is 0 Å². The second kappa shape index (κ2) is 5.75. The Kier molecular flexibility index (Phi) is 5.15. The zero-order valence-electron chi connectivity index (χ0n) is 10.1. The molecule has 1 rings (SSSR count). The normalized spacial score (nSPS) is 11.6. The maximum absolute atomic E-state index is 6.42. The molecule has 0 radical (unpaired) electrons. The van der Waals surface area contributed by atoms with E-state index in [0.717, 1.165) is 20.6 Å². The van der Waals surface area contributed by atoms with E-state index in [1.807, 2.05) is 0 Å². The molecule has 0 aliphatic heterocycles. The van der Waals surface area contributed by atoms with Crippen LogP contribution in [-0.2, 0) is 5.88 Å². The van der Waals surface area contributed by atoms with E-state index in [1.54, 1.807) is 0 Å². The highest BCUT2D eigenvalue weighted by molar-refractivity contribution is 9.10. The zero-order valence-corrected chi connectivity index (χ0v) is 13.2. The zero-order chi connectivity index (χ0) is 12.5. The van der Waals surface area contributed by atoms with Crippen LogP contribution in [0.4, 0.5) is 0 Å². The first-order valence-electron chi connectivity index (χ1n) is 5.46. The highest BCUT2D eigenvalue weighted by atomic mass is 79.9. The van der Waals surface area contributed by atoms with Crippen LogP contribution in [0.3, 0.4) is 0 Å². The minimum absolute atomic E-state index is 0.409. The van der Waals surface area contributed by atoms with E-state index >= 15 is 0 Å². The second-order valence-electron chi connectivity index (χ2n) is 4.60. The molecule has 0 unspecified atom stereocenters. The minimum Gasteiger partial charge on any atom is -0.121 e. The Bertz CT molecular complexity index is 384. The molecule has 90 valence electrons. The third-order valence-electron chi connectivity index (χ3n) is 2.72. The van der Waals surface area contributed by atoms with Crippen LogP contribution in [0.2, 0.25) is 5.02 Å². The van der Waals surface area contributed by atoms with Crippen LogP contribution in [0.15, 0.2) is 10.5 Å². The molecule has 0 saturated carbocycles. The molecule has 1 aromatic rings. The lowest BCUT2D eigenvalue weighted by Crippen LogP contribution is -2.01. The molecule has 0 aromatic heterocycles. The Morgan fingerprint density at radius 1 is 1.19 bits per heavy atom. The molecule has 1 aromatic carbocycles. The largest absolute Gasteiger partial charge is 0.121 e. The summed E-state index contributed by atoms with van der Waals surface area (Å²) in [6, 6.07) is 2.12. The highest BCUT2D eigenvalue weighted by Gasteiger charge is 2.18. The van der Waals surface area contributed by atoms with E-state index in [-0.39, 0.29) is 0 Å². The third-order valence-corrected chi connectivity index (χ3v) is 4.09. The molecule has 0 atom stereocenters. The van der Waals surface area contributed by atoms with Gasteiger partial charge in [0.15, 0.2) is 0 Å². The minimum atomic E-state index is 0.409. The maximum Gasteiger partial charge on any atom is 0.0492 e. The molecule has 0 N–H and O–H groups in total. The van der Waals surface area contributed by atoms with Crippen molar-refractivity contribution in [3.63, 3.8) is 0 Å². The summed E-state index contributed by atoms with van der Waals surface area (Å²) >= 11 is 16.1. The van der Waals surface area contributed by atoms with Crippen molar-refractivity contribution < 1.29 is 0 Å². The number of benzene rings is 1. The van der Waals surface area contributed by atoms with Crippen molar-refractivity contribution in [2.45, 2.75) is 45.4 Å². The molecule has 0 heterocycles. The molecule has 0 saturated heterocycles. The summed E-state index contributed by atoms with van der Waals surface area (Å²) in [6.07, 6.45) is 0. The summed E-state index contributed by atoms with van der Waals surface area (Å²) in [4.78, 5) is 0. The molecule has 0 nitrogen and oxygen atoms in total. The highest BCUT2D eigenvalue weighted by Crippen LogP contribution is 2.38. The Labute approximate surface area is 116 Å². The predicted octanol–water partition coefficient (Wildman–Crippen LogP) is 6.09.